The second-order valence-electron chi connectivity index (χ2n) is 7.57. The summed E-state index contributed by atoms with van der Waals surface area (Å²) in [5.74, 6) is 0.762. The van der Waals surface area contributed by atoms with Crippen molar-refractivity contribution in [3.63, 3.8) is 0 Å². The fourth-order valence-electron chi connectivity index (χ4n) is 3.92. The molecule has 0 aliphatic carbocycles. The number of rotatable bonds is 7. The summed E-state index contributed by atoms with van der Waals surface area (Å²) in [4.78, 5) is 7.45. The van der Waals surface area contributed by atoms with Crippen LogP contribution in [0, 0.1) is 6.92 Å². The van der Waals surface area contributed by atoms with E-state index >= 15 is 0 Å². The van der Waals surface area contributed by atoms with Crippen LogP contribution in [0.1, 0.15) is 24.0 Å². The van der Waals surface area contributed by atoms with Gasteiger partial charge in [0, 0.05) is 17.5 Å². The minimum atomic E-state index is 0.0210. The molecule has 3 aromatic rings. The Hall–Kier alpha value is -2.43. The predicted octanol–water partition coefficient (Wildman–Crippen LogP) is 4.22. The Morgan fingerprint density at radius 3 is 2.57 bits per heavy atom. The molecule has 1 saturated heterocycles. The molecule has 0 bridgehead atoms. The lowest BCUT2D eigenvalue weighted by Gasteiger charge is -2.15. The van der Waals surface area contributed by atoms with Crippen LogP contribution >= 0.6 is 0 Å². The summed E-state index contributed by atoms with van der Waals surface area (Å²) in [6.45, 7) is 6.15. The zero-order valence-electron chi connectivity index (χ0n) is 16.5. The second-order valence-corrected chi connectivity index (χ2v) is 7.57. The zero-order valence-corrected chi connectivity index (χ0v) is 16.5. The SMILES string of the molecule is Cc1cc(-c2ccc(OCCO)cc2)nc2ccc(CCN3CCCC3)cc12. The molecule has 4 rings (SSSR count). The van der Waals surface area contributed by atoms with E-state index in [-0.39, 0.29) is 6.61 Å². The van der Waals surface area contributed by atoms with E-state index in [1.165, 1.54) is 42.4 Å². The number of fused-ring (bicyclic) bond motifs is 1. The lowest BCUT2D eigenvalue weighted by molar-refractivity contribution is 0.201. The van der Waals surface area contributed by atoms with Crippen molar-refractivity contribution in [2.45, 2.75) is 26.2 Å². The highest BCUT2D eigenvalue weighted by Gasteiger charge is 2.12. The molecule has 146 valence electrons. The largest absolute Gasteiger partial charge is 0.491 e. The number of aromatic nitrogens is 1. The molecule has 1 aromatic heterocycles. The number of aryl methyl sites for hydroxylation is 1. The van der Waals surface area contributed by atoms with Gasteiger partial charge in [-0.2, -0.15) is 0 Å². The van der Waals surface area contributed by atoms with Crippen molar-refractivity contribution in [3.8, 4) is 17.0 Å². The summed E-state index contributed by atoms with van der Waals surface area (Å²) in [6.07, 6.45) is 3.79. The summed E-state index contributed by atoms with van der Waals surface area (Å²) in [5.41, 5.74) is 5.73. The van der Waals surface area contributed by atoms with E-state index < -0.39 is 0 Å². The van der Waals surface area contributed by atoms with Crippen LogP contribution in [-0.2, 0) is 6.42 Å². The minimum absolute atomic E-state index is 0.0210. The molecular weight excluding hydrogens is 348 g/mol. The van der Waals surface area contributed by atoms with Gasteiger partial charge in [-0.25, -0.2) is 4.98 Å². The van der Waals surface area contributed by atoms with E-state index in [2.05, 4.69) is 36.1 Å². The standard InChI is InChI=1S/C24H28N2O2/c1-18-16-24(20-5-7-21(8-6-20)28-15-14-27)25-23-9-4-19(17-22(18)23)10-13-26-11-2-3-12-26/h4-9,16-17,27H,2-3,10-15H2,1H3. The number of pyridine rings is 1. The fourth-order valence-corrected chi connectivity index (χ4v) is 3.92. The molecule has 2 heterocycles. The average molecular weight is 377 g/mol. The Balaban J connectivity index is 1.53. The molecule has 0 amide bonds. The van der Waals surface area contributed by atoms with Crippen molar-refractivity contribution in [2.75, 3.05) is 32.8 Å². The van der Waals surface area contributed by atoms with Gasteiger partial charge in [-0.3, -0.25) is 0 Å². The van der Waals surface area contributed by atoms with Crippen molar-refractivity contribution in [1.29, 1.82) is 0 Å². The number of hydrogen-bond acceptors (Lipinski definition) is 4. The highest BCUT2D eigenvalue weighted by Crippen LogP contribution is 2.27. The molecule has 0 spiro atoms. The maximum atomic E-state index is 8.86. The van der Waals surface area contributed by atoms with Crippen molar-refractivity contribution in [1.82, 2.24) is 9.88 Å². The summed E-state index contributed by atoms with van der Waals surface area (Å²) >= 11 is 0. The number of benzene rings is 2. The van der Waals surface area contributed by atoms with Crippen LogP contribution in [0.5, 0.6) is 5.75 Å². The molecule has 1 fully saturated rings. The molecule has 1 N–H and O–H groups in total. The van der Waals surface area contributed by atoms with Crippen LogP contribution in [0.15, 0.2) is 48.5 Å². The lowest BCUT2D eigenvalue weighted by atomic mass is 10.0. The highest BCUT2D eigenvalue weighted by molar-refractivity contribution is 5.85. The van der Waals surface area contributed by atoms with E-state index in [1.807, 2.05) is 24.3 Å². The van der Waals surface area contributed by atoms with Crippen LogP contribution in [-0.4, -0.2) is 47.8 Å². The number of likely N-dealkylation sites (tertiary alicyclic amines) is 1. The Labute approximate surface area is 166 Å². The first kappa shape index (κ1) is 18.9. The Bertz CT molecular complexity index is 931. The molecule has 2 aromatic carbocycles. The molecule has 1 aliphatic rings. The molecule has 1 aliphatic heterocycles. The minimum Gasteiger partial charge on any atom is -0.491 e. The van der Waals surface area contributed by atoms with Gasteiger partial charge in [0.05, 0.1) is 17.8 Å². The van der Waals surface area contributed by atoms with Crippen molar-refractivity contribution >= 4 is 10.9 Å². The molecule has 0 saturated carbocycles. The molecular formula is C24H28N2O2. The van der Waals surface area contributed by atoms with Crippen LogP contribution in [0.4, 0.5) is 0 Å². The summed E-state index contributed by atoms with van der Waals surface area (Å²) < 4.78 is 5.44. The van der Waals surface area contributed by atoms with E-state index in [0.717, 1.165) is 35.5 Å². The van der Waals surface area contributed by atoms with Crippen LogP contribution in [0.3, 0.4) is 0 Å². The number of aliphatic hydroxyl groups excluding tert-OH is 1. The molecule has 4 heteroatoms. The number of ether oxygens (including phenoxy) is 1. The molecule has 0 unspecified atom stereocenters. The fraction of sp³-hybridized carbons (Fsp3) is 0.375. The number of aliphatic hydroxyl groups is 1. The van der Waals surface area contributed by atoms with Crippen molar-refractivity contribution in [3.05, 3.63) is 59.7 Å². The molecule has 28 heavy (non-hydrogen) atoms. The third-order valence-electron chi connectivity index (χ3n) is 5.51. The quantitative estimate of drug-likeness (QED) is 0.671. The van der Waals surface area contributed by atoms with Gasteiger partial charge >= 0.3 is 0 Å². The maximum Gasteiger partial charge on any atom is 0.119 e. The lowest BCUT2D eigenvalue weighted by Crippen LogP contribution is -2.21. The van der Waals surface area contributed by atoms with Gasteiger partial charge in [0.2, 0.25) is 0 Å². The van der Waals surface area contributed by atoms with E-state index in [1.54, 1.807) is 0 Å². The summed E-state index contributed by atoms with van der Waals surface area (Å²) in [7, 11) is 0. The Morgan fingerprint density at radius 1 is 1.04 bits per heavy atom. The first-order chi connectivity index (χ1) is 13.7. The van der Waals surface area contributed by atoms with Gasteiger partial charge in [0.1, 0.15) is 12.4 Å². The van der Waals surface area contributed by atoms with Gasteiger partial charge < -0.3 is 14.7 Å². The number of nitrogens with zero attached hydrogens (tertiary/aromatic N) is 2. The van der Waals surface area contributed by atoms with Gasteiger partial charge in [0.15, 0.2) is 0 Å². The third-order valence-corrected chi connectivity index (χ3v) is 5.51. The smallest absolute Gasteiger partial charge is 0.119 e. The van der Waals surface area contributed by atoms with Gasteiger partial charge in [-0.15, -0.1) is 0 Å². The van der Waals surface area contributed by atoms with Gasteiger partial charge in [0.25, 0.3) is 0 Å². The monoisotopic (exact) mass is 376 g/mol. The maximum absolute atomic E-state index is 8.86. The van der Waals surface area contributed by atoms with E-state index in [0.29, 0.717) is 6.61 Å². The molecule has 0 atom stereocenters. The second kappa shape index (κ2) is 8.72. The highest BCUT2D eigenvalue weighted by atomic mass is 16.5. The van der Waals surface area contributed by atoms with Gasteiger partial charge in [-0.05, 0) is 92.9 Å². The molecule has 0 radical (unpaired) electrons. The zero-order chi connectivity index (χ0) is 19.3. The van der Waals surface area contributed by atoms with E-state index in [4.69, 9.17) is 14.8 Å². The van der Waals surface area contributed by atoms with Crippen LogP contribution < -0.4 is 4.74 Å². The summed E-state index contributed by atoms with van der Waals surface area (Å²) in [6, 6.07) is 16.7. The predicted molar refractivity (Wildman–Crippen MR) is 114 cm³/mol. The number of hydrogen-bond donors (Lipinski definition) is 1. The third kappa shape index (κ3) is 4.34. The first-order valence-corrected chi connectivity index (χ1v) is 10.2. The topological polar surface area (TPSA) is 45.6 Å². The van der Waals surface area contributed by atoms with Gasteiger partial charge in [-0.1, -0.05) is 6.07 Å². The summed E-state index contributed by atoms with van der Waals surface area (Å²) in [5, 5.41) is 10.1. The normalized spacial score (nSPS) is 14.6. The van der Waals surface area contributed by atoms with E-state index in [9.17, 15) is 0 Å². The van der Waals surface area contributed by atoms with Crippen LogP contribution in [0.25, 0.3) is 22.2 Å². The first-order valence-electron chi connectivity index (χ1n) is 10.2. The average Bonchev–Trinajstić information content (AvgIpc) is 3.25. The Morgan fingerprint density at radius 2 is 1.82 bits per heavy atom. The van der Waals surface area contributed by atoms with Crippen molar-refractivity contribution < 1.29 is 9.84 Å². The van der Waals surface area contributed by atoms with Crippen LogP contribution in [0.2, 0.25) is 0 Å². The van der Waals surface area contributed by atoms with Crippen molar-refractivity contribution in [2.24, 2.45) is 0 Å². The Kier molecular flexibility index (Phi) is 5.89. The molecule has 4 nitrogen and oxygen atoms in total.